The number of aromatic nitrogens is 3. The lowest BCUT2D eigenvalue weighted by atomic mass is 9.97. The van der Waals surface area contributed by atoms with Crippen LogP contribution >= 0.6 is 11.3 Å². The van der Waals surface area contributed by atoms with Gasteiger partial charge in [0.15, 0.2) is 17.2 Å². The van der Waals surface area contributed by atoms with Crippen LogP contribution in [0.1, 0.15) is 68.8 Å². The van der Waals surface area contributed by atoms with Crippen molar-refractivity contribution in [2.45, 2.75) is 31.6 Å². The van der Waals surface area contributed by atoms with Crippen LogP contribution in [0.15, 0.2) is 29.6 Å². The minimum Gasteiger partial charge on any atom is -0.497 e. The topological polar surface area (TPSA) is 165 Å². The molecule has 0 aliphatic carbocycles. The summed E-state index contributed by atoms with van der Waals surface area (Å²) in [6.45, 7) is 1.11. The molecule has 3 heterocycles. The number of Topliss-reactive ketones (excluding diaryl/α,β-unsaturated/α-hetero) is 1. The summed E-state index contributed by atoms with van der Waals surface area (Å²) in [5, 5.41) is 22.9. The van der Waals surface area contributed by atoms with E-state index in [9.17, 15) is 14.4 Å². The van der Waals surface area contributed by atoms with Crippen molar-refractivity contribution in [3.05, 3.63) is 57.3 Å². The number of carbonyl (C=O) groups excluding carboxylic acids is 3. The number of carbonyl (C=O) groups is 3. The molecule has 1 aromatic carbocycles. The Hall–Kier alpha value is -4.55. The van der Waals surface area contributed by atoms with Crippen molar-refractivity contribution in [2.75, 3.05) is 25.5 Å². The Labute approximate surface area is 216 Å². The number of nitriles is 2. The van der Waals surface area contributed by atoms with Gasteiger partial charge in [-0.2, -0.15) is 10.5 Å². The van der Waals surface area contributed by atoms with Gasteiger partial charge in [0, 0.05) is 42.8 Å². The second kappa shape index (κ2) is 11.5. The van der Waals surface area contributed by atoms with Crippen LogP contribution in [-0.2, 0) is 4.79 Å². The molecule has 0 spiro atoms. The van der Waals surface area contributed by atoms with Gasteiger partial charge in [0.05, 0.1) is 12.1 Å². The van der Waals surface area contributed by atoms with E-state index in [1.807, 2.05) is 6.07 Å². The van der Waals surface area contributed by atoms with E-state index in [-0.39, 0.29) is 53.5 Å². The van der Waals surface area contributed by atoms with Gasteiger partial charge in [-0.25, -0.2) is 9.97 Å². The molecule has 2 amide bonds. The number of hydrogen-bond acceptors (Lipinski definition) is 9. The molecule has 1 fully saturated rings. The standard InChI is InChI=1S/C25H23N7O4S/c1-36-17-4-2-15(3-5-17)21(33)6-7-22(34)32-10-8-16(9-11-32)24-28-20(14-37-24)23(35)31-25-29-18(12-26)19(13-27)30-25/h2-5,14,16H,6-11H2,1H3,(H2,29,30,31,35). The highest BCUT2D eigenvalue weighted by atomic mass is 32.1. The molecule has 12 heteroatoms. The summed E-state index contributed by atoms with van der Waals surface area (Å²) in [6, 6.07) is 10.4. The highest BCUT2D eigenvalue weighted by Crippen LogP contribution is 2.31. The highest BCUT2D eigenvalue weighted by molar-refractivity contribution is 7.10. The van der Waals surface area contributed by atoms with Gasteiger partial charge >= 0.3 is 0 Å². The minimum absolute atomic E-state index is 0.00458. The molecule has 1 aliphatic heterocycles. The number of anilines is 1. The fourth-order valence-electron chi connectivity index (χ4n) is 4.02. The fraction of sp³-hybridized carbons (Fsp3) is 0.320. The van der Waals surface area contributed by atoms with Gasteiger partial charge in [-0.3, -0.25) is 19.7 Å². The van der Waals surface area contributed by atoms with Gasteiger partial charge < -0.3 is 14.6 Å². The average Bonchev–Trinajstić information content (AvgIpc) is 3.59. The quantitative estimate of drug-likeness (QED) is 0.430. The van der Waals surface area contributed by atoms with E-state index in [1.54, 1.807) is 47.7 Å². The van der Waals surface area contributed by atoms with E-state index >= 15 is 0 Å². The molecule has 1 aliphatic rings. The van der Waals surface area contributed by atoms with E-state index < -0.39 is 5.91 Å². The van der Waals surface area contributed by atoms with Crippen molar-refractivity contribution >= 4 is 34.9 Å². The van der Waals surface area contributed by atoms with Gasteiger partial charge in [-0.15, -0.1) is 11.3 Å². The zero-order chi connectivity index (χ0) is 26.4. The number of thiazole rings is 1. The Morgan fingerprint density at radius 1 is 1.14 bits per heavy atom. The van der Waals surface area contributed by atoms with Crippen molar-refractivity contribution in [3.63, 3.8) is 0 Å². The molecular weight excluding hydrogens is 494 g/mol. The van der Waals surface area contributed by atoms with E-state index in [0.717, 1.165) is 5.01 Å². The van der Waals surface area contributed by atoms with Gasteiger partial charge in [-0.05, 0) is 37.1 Å². The number of nitrogens with one attached hydrogen (secondary N) is 2. The molecule has 2 N–H and O–H groups in total. The molecule has 188 valence electrons. The van der Waals surface area contributed by atoms with Crippen LogP contribution in [0.5, 0.6) is 5.75 Å². The van der Waals surface area contributed by atoms with Crippen LogP contribution in [0.2, 0.25) is 0 Å². The number of methoxy groups -OCH3 is 1. The molecule has 1 saturated heterocycles. The van der Waals surface area contributed by atoms with E-state index in [2.05, 4.69) is 20.3 Å². The summed E-state index contributed by atoms with van der Waals surface area (Å²) in [4.78, 5) is 50.3. The number of piperidine rings is 1. The third-order valence-electron chi connectivity index (χ3n) is 6.08. The number of imidazole rings is 1. The molecule has 0 unspecified atom stereocenters. The maximum Gasteiger partial charge on any atom is 0.277 e. The normalized spacial score (nSPS) is 13.4. The van der Waals surface area contributed by atoms with Gasteiger partial charge in [0.25, 0.3) is 5.91 Å². The van der Waals surface area contributed by atoms with Crippen LogP contribution in [-0.4, -0.2) is 57.6 Å². The Morgan fingerprint density at radius 3 is 2.49 bits per heavy atom. The molecule has 0 saturated carbocycles. The number of likely N-dealkylation sites (tertiary alicyclic amines) is 1. The number of amides is 2. The van der Waals surface area contributed by atoms with E-state index in [1.165, 1.54) is 11.3 Å². The molecule has 0 atom stereocenters. The lowest BCUT2D eigenvalue weighted by molar-refractivity contribution is -0.132. The van der Waals surface area contributed by atoms with Gasteiger partial charge in [0.1, 0.15) is 23.6 Å². The van der Waals surface area contributed by atoms with Crippen molar-refractivity contribution in [3.8, 4) is 17.9 Å². The monoisotopic (exact) mass is 517 g/mol. The predicted octanol–water partition coefficient (Wildman–Crippen LogP) is 3.24. The maximum atomic E-state index is 12.7. The average molecular weight is 518 g/mol. The number of benzene rings is 1. The molecule has 0 radical (unpaired) electrons. The first kappa shape index (κ1) is 25.5. The second-order valence-corrected chi connectivity index (χ2v) is 9.25. The number of rotatable bonds is 8. The predicted molar refractivity (Wildman–Crippen MR) is 133 cm³/mol. The third kappa shape index (κ3) is 6.00. The SMILES string of the molecule is COc1ccc(C(=O)CCC(=O)N2CCC(c3nc(C(=O)Nc4nc(C#N)c(C#N)[nH]4)cs3)CC2)cc1. The van der Waals surface area contributed by atoms with Crippen LogP contribution in [0.3, 0.4) is 0 Å². The zero-order valence-corrected chi connectivity index (χ0v) is 20.8. The van der Waals surface area contributed by atoms with Crippen molar-refractivity contribution < 1.29 is 19.1 Å². The number of hydrogen-bond donors (Lipinski definition) is 2. The number of ether oxygens (including phenoxy) is 1. The lowest BCUT2D eigenvalue weighted by Crippen LogP contribution is -2.38. The van der Waals surface area contributed by atoms with Crippen molar-refractivity contribution in [2.24, 2.45) is 0 Å². The molecular formula is C25H23N7O4S. The minimum atomic E-state index is -0.501. The summed E-state index contributed by atoms with van der Waals surface area (Å²) in [5.41, 5.74) is 0.647. The fourth-order valence-corrected chi connectivity index (χ4v) is 4.99. The van der Waals surface area contributed by atoms with E-state index in [0.29, 0.717) is 37.2 Å². The van der Waals surface area contributed by atoms with E-state index in [4.69, 9.17) is 15.3 Å². The summed E-state index contributed by atoms with van der Waals surface area (Å²) < 4.78 is 5.10. The molecule has 37 heavy (non-hydrogen) atoms. The second-order valence-electron chi connectivity index (χ2n) is 8.36. The number of ketones is 1. The largest absolute Gasteiger partial charge is 0.497 e. The molecule has 2 aromatic heterocycles. The van der Waals surface area contributed by atoms with Gasteiger partial charge in [0.2, 0.25) is 11.9 Å². The molecule has 0 bridgehead atoms. The first-order valence-corrected chi connectivity index (χ1v) is 12.4. The third-order valence-corrected chi connectivity index (χ3v) is 7.09. The summed E-state index contributed by atoms with van der Waals surface area (Å²) in [7, 11) is 1.56. The van der Waals surface area contributed by atoms with Crippen molar-refractivity contribution in [1.29, 1.82) is 10.5 Å². The first-order valence-electron chi connectivity index (χ1n) is 11.5. The molecule has 11 nitrogen and oxygen atoms in total. The number of nitrogens with zero attached hydrogens (tertiary/aromatic N) is 5. The summed E-state index contributed by atoms with van der Waals surface area (Å²) >= 11 is 1.37. The van der Waals surface area contributed by atoms with Crippen LogP contribution in [0.25, 0.3) is 0 Å². The molecule has 4 rings (SSSR count). The Kier molecular flexibility index (Phi) is 7.91. The number of H-pyrrole nitrogens is 1. The first-order chi connectivity index (χ1) is 17.9. The van der Waals surface area contributed by atoms with Crippen LogP contribution in [0, 0.1) is 22.7 Å². The molecule has 3 aromatic rings. The summed E-state index contributed by atoms with van der Waals surface area (Å²) in [6.07, 6.45) is 1.73. The smallest absolute Gasteiger partial charge is 0.277 e. The summed E-state index contributed by atoms with van der Waals surface area (Å²) in [5.74, 6) is 0.164. The lowest BCUT2D eigenvalue weighted by Gasteiger charge is -2.31. The Bertz CT molecular complexity index is 1360. The Balaban J connectivity index is 1.26. The van der Waals surface area contributed by atoms with Gasteiger partial charge in [-0.1, -0.05) is 0 Å². The van der Waals surface area contributed by atoms with Crippen LogP contribution < -0.4 is 10.1 Å². The highest BCUT2D eigenvalue weighted by Gasteiger charge is 2.27. The van der Waals surface area contributed by atoms with Crippen LogP contribution in [0.4, 0.5) is 5.95 Å². The van der Waals surface area contributed by atoms with Crippen molar-refractivity contribution in [1.82, 2.24) is 19.9 Å². The number of aromatic amines is 1. The maximum absolute atomic E-state index is 12.7. The zero-order valence-electron chi connectivity index (χ0n) is 20.0. The Morgan fingerprint density at radius 2 is 1.86 bits per heavy atom.